The predicted molar refractivity (Wildman–Crippen MR) is 106 cm³/mol. The summed E-state index contributed by atoms with van der Waals surface area (Å²) in [5.74, 6) is 0.246. The third-order valence-corrected chi connectivity index (χ3v) is 6.36. The molecule has 0 saturated heterocycles. The molecule has 24 heavy (non-hydrogen) atoms. The lowest BCUT2D eigenvalue weighted by Gasteiger charge is -2.16. The van der Waals surface area contributed by atoms with Crippen molar-refractivity contribution < 1.29 is 10.2 Å². The number of benzene rings is 4. The van der Waals surface area contributed by atoms with Crippen LogP contribution in [-0.4, -0.2) is 10.2 Å². The van der Waals surface area contributed by atoms with Crippen LogP contribution in [0.5, 0.6) is 11.5 Å². The number of hydrogen-bond donors (Lipinski definition) is 2. The van der Waals surface area contributed by atoms with Gasteiger partial charge in [0.2, 0.25) is 0 Å². The average Bonchev–Trinajstić information content (AvgIpc) is 2.62. The Morgan fingerprint density at radius 3 is 1.96 bits per heavy atom. The molecule has 0 aliphatic heterocycles. The van der Waals surface area contributed by atoms with Crippen molar-refractivity contribution in [3.05, 3.63) is 69.6 Å². The van der Waals surface area contributed by atoms with Crippen LogP contribution in [0.4, 0.5) is 0 Å². The lowest BCUT2D eigenvalue weighted by molar-refractivity contribution is 0.468. The molecule has 4 rings (SSSR count). The van der Waals surface area contributed by atoms with Crippen LogP contribution in [0, 0.1) is 0 Å². The number of halogens is 2. The van der Waals surface area contributed by atoms with Gasteiger partial charge in [0, 0.05) is 15.6 Å². The van der Waals surface area contributed by atoms with E-state index >= 15 is 0 Å². The highest BCUT2D eigenvalue weighted by molar-refractivity contribution is 9.13. The summed E-state index contributed by atoms with van der Waals surface area (Å²) in [6.07, 6.45) is 0. The maximum absolute atomic E-state index is 10.8. The van der Waals surface area contributed by atoms with Gasteiger partial charge in [0.25, 0.3) is 0 Å². The molecule has 0 aliphatic carbocycles. The maximum atomic E-state index is 10.8. The van der Waals surface area contributed by atoms with Crippen molar-refractivity contribution in [2.45, 2.75) is 0 Å². The Balaban J connectivity index is 2.26. The molecule has 4 aromatic carbocycles. The van der Waals surface area contributed by atoms with E-state index in [0.29, 0.717) is 15.6 Å². The Bertz CT molecular complexity index is 1100. The summed E-state index contributed by atoms with van der Waals surface area (Å²) in [4.78, 5) is 0. The Hall–Kier alpha value is -2.04. The Morgan fingerprint density at radius 1 is 0.583 bits per heavy atom. The Morgan fingerprint density at radius 2 is 1.21 bits per heavy atom. The first-order valence-corrected chi connectivity index (χ1v) is 8.98. The highest BCUT2D eigenvalue weighted by Gasteiger charge is 2.21. The van der Waals surface area contributed by atoms with Crippen molar-refractivity contribution in [1.82, 2.24) is 0 Å². The fourth-order valence-electron chi connectivity index (χ4n) is 3.13. The minimum absolute atomic E-state index is 0.104. The topological polar surface area (TPSA) is 40.5 Å². The third-order valence-electron chi connectivity index (χ3n) is 4.23. The monoisotopic (exact) mass is 442 g/mol. The molecule has 2 nitrogen and oxygen atoms in total. The zero-order valence-corrected chi connectivity index (χ0v) is 15.6. The minimum atomic E-state index is 0.104. The molecule has 2 N–H and O–H groups in total. The van der Waals surface area contributed by atoms with Crippen LogP contribution in [0.3, 0.4) is 0 Å². The van der Waals surface area contributed by atoms with Crippen molar-refractivity contribution in [2.75, 3.05) is 0 Å². The summed E-state index contributed by atoms with van der Waals surface area (Å²) in [6, 6.07) is 19.2. The molecular formula is C20H12Br2O2. The zero-order valence-electron chi connectivity index (χ0n) is 12.4. The zero-order chi connectivity index (χ0) is 16.8. The van der Waals surface area contributed by atoms with Crippen LogP contribution in [0.15, 0.2) is 69.6 Å². The molecule has 0 spiro atoms. The summed E-state index contributed by atoms with van der Waals surface area (Å²) < 4.78 is 1.36. The normalized spacial score (nSPS) is 11.2. The summed E-state index contributed by atoms with van der Waals surface area (Å²) in [7, 11) is 0. The molecule has 0 heterocycles. The number of hydrogen-bond acceptors (Lipinski definition) is 2. The summed E-state index contributed by atoms with van der Waals surface area (Å²) in [5, 5.41) is 25.1. The van der Waals surface area contributed by atoms with Crippen molar-refractivity contribution in [3.8, 4) is 22.6 Å². The SMILES string of the molecule is Oc1ccc2ccccc2c1-c1c(O)c(Br)c(Br)c2ccccc12. The fraction of sp³-hybridized carbons (Fsp3) is 0. The standard InChI is InChI=1S/C20H12Br2O2/c21-18-14-8-4-3-7-13(14)17(20(24)19(18)22)16-12-6-2-1-5-11(12)9-10-15(16)23/h1-10,23-24H. The third kappa shape index (κ3) is 2.21. The number of aromatic hydroxyl groups is 2. The van der Waals surface area contributed by atoms with Gasteiger partial charge in [-0.1, -0.05) is 54.6 Å². The fourth-order valence-corrected chi connectivity index (χ4v) is 4.07. The van der Waals surface area contributed by atoms with Gasteiger partial charge >= 0.3 is 0 Å². The second-order valence-corrected chi connectivity index (χ2v) is 7.16. The van der Waals surface area contributed by atoms with E-state index in [-0.39, 0.29) is 11.5 Å². The van der Waals surface area contributed by atoms with Crippen LogP contribution in [0.1, 0.15) is 0 Å². The van der Waals surface area contributed by atoms with Gasteiger partial charge in [0.15, 0.2) is 0 Å². The number of fused-ring (bicyclic) bond motifs is 2. The lowest BCUT2D eigenvalue weighted by Crippen LogP contribution is -1.89. The van der Waals surface area contributed by atoms with Gasteiger partial charge in [-0.25, -0.2) is 0 Å². The molecule has 0 fully saturated rings. The second-order valence-electron chi connectivity index (χ2n) is 5.58. The molecule has 0 radical (unpaired) electrons. The average molecular weight is 444 g/mol. The molecule has 4 heteroatoms. The predicted octanol–water partition coefficient (Wildman–Crippen LogP) is 6.60. The van der Waals surface area contributed by atoms with Gasteiger partial charge in [-0.3, -0.25) is 0 Å². The van der Waals surface area contributed by atoms with E-state index < -0.39 is 0 Å². The molecule has 0 unspecified atom stereocenters. The first-order chi connectivity index (χ1) is 11.6. The van der Waals surface area contributed by atoms with Gasteiger partial charge in [-0.2, -0.15) is 0 Å². The molecule has 118 valence electrons. The van der Waals surface area contributed by atoms with Crippen LogP contribution >= 0.6 is 31.9 Å². The van der Waals surface area contributed by atoms with Gasteiger partial charge in [-0.15, -0.1) is 0 Å². The molecule has 0 saturated carbocycles. The molecule has 4 aromatic rings. The van der Waals surface area contributed by atoms with E-state index in [4.69, 9.17) is 0 Å². The highest BCUT2D eigenvalue weighted by Crippen LogP contribution is 2.50. The smallest absolute Gasteiger partial charge is 0.139 e. The van der Waals surface area contributed by atoms with Crippen LogP contribution in [0.25, 0.3) is 32.7 Å². The van der Waals surface area contributed by atoms with Gasteiger partial charge in [0.05, 0.1) is 4.47 Å². The van der Waals surface area contributed by atoms with E-state index in [2.05, 4.69) is 31.9 Å². The Labute approximate surface area is 155 Å². The van der Waals surface area contributed by atoms with E-state index in [1.807, 2.05) is 54.6 Å². The lowest BCUT2D eigenvalue weighted by atomic mass is 9.92. The van der Waals surface area contributed by atoms with E-state index in [1.165, 1.54) is 0 Å². The summed E-state index contributed by atoms with van der Waals surface area (Å²) >= 11 is 7.00. The first-order valence-electron chi connectivity index (χ1n) is 7.39. The van der Waals surface area contributed by atoms with Crippen LogP contribution < -0.4 is 0 Å². The largest absolute Gasteiger partial charge is 0.507 e. The molecule has 0 atom stereocenters. The minimum Gasteiger partial charge on any atom is -0.507 e. The number of rotatable bonds is 1. The summed E-state index contributed by atoms with van der Waals surface area (Å²) in [6.45, 7) is 0. The maximum Gasteiger partial charge on any atom is 0.139 e. The van der Waals surface area contributed by atoms with Crippen molar-refractivity contribution >= 4 is 53.4 Å². The van der Waals surface area contributed by atoms with E-state index in [1.54, 1.807) is 6.07 Å². The van der Waals surface area contributed by atoms with Crippen LogP contribution in [0.2, 0.25) is 0 Å². The number of phenolic OH excluding ortho intramolecular Hbond substituents is 2. The van der Waals surface area contributed by atoms with Gasteiger partial charge in [-0.05, 0) is 59.5 Å². The Kier molecular flexibility index (Phi) is 3.74. The second kappa shape index (κ2) is 5.80. The quantitative estimate of drug-likeness (QED) is 0.348. The summed E-state index contributed by atoms with van der Waals surface area (Å²) in [5.41, 5.74) is 1.25. The molecule has 0 aliphatic rings. The van der Waals surface area contributed by atoms with Crippen molar-refractivity contribution in [3.63, 3.8) is 0 Å². The molecular weight excluding hydrogens is 432 g/mol. The molecule has 0 bridgehead atoms. The highest BCUT2D eigenvalue weighted by atomic mass is 79.9. The molecule has 0 aromatic heterocycles. The van der Waals surface area contributed by atoms with Crippen molar-refractivity contribution in [2.24, 2.45) is 0 Å². The van der Waals surface area contributed by atoms with Gasteiger partial charge < -0.3 is 10.2 Å². The van der Waals surface area contributed by atoms with Crippen molar-refractivity contribution in [1.29, 1.82) is 0 Å². The first kappa shape index (κ1) is 15.5. The molecule has 0 amide bonds. The van der Waals surface area contributed by atoms with E-state index in [0.717, 1.165) is 26.0 Å². The van der Waals surface area contributed by atoms with E-state index in [9.17, 15) is 10.2 Å². The number of phenols is 2. The van der Waals surface area contributed by atoms with Crippen LogP contribution in [-0.2, 0) is 0 Å². The van der Waals surface area contributed by atoms with Gasteiger partial charge in [0.1, 0.15) is 11.5 Å².